The van der Waals surface area contributed by atoms with E-state index < -0.39 is 23.0 Å². The molecule has 0 radical (unpaired) electrons. The number of carbonyl (C=O) groups is 4. The van der Waals surface area contributed by atoms with Crippen LogP contribution in [0, 0.1) is 0 Å². The highest BCUT2D eigenvalue weighted by molar-refractivity contribution is 8.18. The normalized spacial score (nSPS) is 17.0. The second-order valence-electron chi connectivity index (χ2n) is 6.12. The zero-order valence-corrected chi connectivity index (χ0v) is 15.9. The summed E-state index contributed by atoms with van der Waals surface area (Å²) in [5.74, 6) is -0.610. The second kappa shape index (κ2) is 7.44. The van der Waals surface area contributed by atoms with Crippen LogP contribution in [0.3, 0.4) is 0 Å². The first-order chi connectivity index (χ1) is 14.0. The molecular weight excluding hydrogens is 396 g/mol. The van der Waals surface area contributed by atoms with Crippen LogP contribution in [0.4, 0.5) is 4.79 Å². The van der Waals surface area contributed by atoms with Crippen molar-refractivity contribution in [2.24, 2.45) is 0 Å². The van der Waals surface area contributed by atoms with Crippen LogP contribution >= 0.6 is 11.8 Å². The molecule has 1 N–H and O–H groups in total. The third-order valence-electron chi connectivity index (χ3n) is 4.35. The van der Waals surface area contributed by atoms with Crippen LogP contribution < -0.4 is 14.8 Å². The fourth-order valence-corrected chi connectivity index (χ4v) is 3.64. The van der Waals surface area contributed by atoms with Gasteiger partial charge in [0.15, 0.2) is 18.2 Å². The van der Waals surface area contributed by atoms with Crippen molar-refractivity contribution in [3.63, 3.8) is 0 Å². The molecule has 0 aromatic heterocycles. The van der Waals surface area contributed by atoms with Gasteiger partial charge in [0.05, 0.1) is 23.1 Å². The molecule has 9 heteroatoms. The highest BCUT2D eigenvalue weighted by Gasteiger charge is 2.35. The van der Waals surface area contributed by atoms with Crippen molar-refractivity contribution in [3.05, 3.63) is 64.1 Å². The minimum Gasteiger partial charge on any atom is -0.493 e. The molecule has 0 unspecified atom stereocenters. The zero-order chi connectivity index (χ0) is 20.5. The summed E-state index contributed by atoms with van der Waals surface area (Å²) in [5, 5.41) is 1.76. The number of rotatable bonds is 5. The monoisotopic (exact) mass is 410 g/mol. The Kier molecular flexibility index (Phi) is 4.81. The maximum Gasteiger partial charge on any atom is 0.290 e. The highest BCUT2D eigenvalue weighted by Crippen LogP contribution is 2.32. The summed E-state index contributed by atoms with van der Waals surface area (Å²) in [6, 6.07) is 11.5. The number of amides is 4. The third kappa shape index (κ3) is 3.47. The lowest BCUT2D eigenvalue weighted by Gasteiger charge is -2.17. The number of carbonyl (C=O) groups excluding carboxylic acids is 4. The van der Waals surface area contributed by atoms with Gasteiger partial charge in [0.25, 0.3) is 23.0 Å². The van der Waals surface area contributed by atoms with Gasteiger partial charge in [-0.05, 0) is 47.7 Å². The number of methoxy groups -OCH3 is 1. The van der Waals surface area contributed by atoms with Gasteiger partial charge in [0, 0.05) is 0 Å². The number of thioether (sulfide) groups is 1. The highest BCUT2D eigenvalue weighted by atomic mass is 32.2. The maximum absolute atomic E-state index is 12.4. The lowest BCUT2D eigenvalue weighted by atomic mass is 10.1. The van der Waals surface area contributed by atoms with Crippen molar-refractivity contribution in [1.29, 1.82) is 0 Å². The average Bonchev–Trinajstić information content (AvgIpc) is 3.16. The Bertz CT molecular complexity index is 1060. The first-order valence-corrected chi connectivity index (χ1v) is 9.30. The molecule has 2 heterocycles. The number of imide groups is 2. The largest absolute Gasteiger partial charge is 0.493 e. The Morgan fingerprint density at radius 3 is 2.28 bits per heavy atom. The van der Waals surface area contributed by atoms with Crippen molar-refractivity contribution in [3.8, 4) is 11.5 Å². The van der Waals surface area contributed by atoms with Crippen LogP contribution in [0.5, 0.6) is 11.5 Å². The summed E-state index contributed by atoms with van der Waals surface area (Å²) in [7, 11) is 1.45. The third-order valence-corrected chi connectivity index (χ3v) is 5.17. The Morgan fingerprint density at radius 2 is 1.69 bits per heavy atom. The summed E-state index contributed by atoms with van der Waals surface area (Å²) in [6.45, 7) is -0.268. The molecule has 2 aromatic carbocycles. The van der Waals surface area contributed by atoms with Crippen molar-refractivity contribution in [2.75, 3.05) is 13.8 Å². The minimum atomic E-state index is -0.454. The van der Waals surface area contributed by atoms with E-state index in [0.717, 1.165) is 16.7 Å². The molecule has 4 rings (SSSR count). The van der Waals surface area contributed by atoms with Gasteiger partial charge < -0.3 is 9.47 Å². The van der Waals surface area contributed by atoms with E-state index in [1.54, 1.807) is 48.5 Å². The molecule has 2 aromatic rings. The second-order valence-corrected chi connectivity index (χ2v) is 7.13. The molecule has 0 bridgehead atoms. The molecule has 2 aliphatic heterocycles. The Hall–Kier alpha value is -3.59. The van der Waals surface area contributed by atoms with Crippen LogP contribution in [0.2, 0.25) is 0 Å². The Morgan fingerprint density at radius 1 is 1.00 bits per heavy atom. The molecule has 146 valence electrons. The zero-order valence-electron chi connectivity index (χ0n) is 15.1. The van der Waals surface area contributed by atoms with Gasteiger partial charge in [-0.3, -0.25) is 24.5 Å². The van der Waals surface area contributed by atoms with Gasteiger partial charge in [-0.2, -0.15) is 0 Å². The van der Waals surface area contributed by atoms with Gasteiger partial charge in [-0.15, -0.1) is 0 Å². The average molecular weight is 410 g/mol. The van der Waals surface area contributed by atoms with Crippen LogP contribution in [-0.2, 0) is 4.79 Å². The van der Waals surface area contributed by atoms with E-state index in [-0.39, 0.29) is 11.6 Å². The number of hydrogen-bond acceptors (Lipinski definition) is 7. The molecule has 0 atom stereocenters. The van der Waals surface area contributed by atoms with Crippen LogP contribution in [0.25, 0.3) is 6.08 Å². The maximum atomic E-state index is 12.4. The first-order valence-electron chi connectivity index (χ1n) is 8.49. The molecule has 29 heavy (non-hydrogen) atoms. The van der Waals surface area contributed by atoms with Gasteiger partial charge in [0.2, 0.25) is 0 Å². The Balaban J connectivity index is 1.51. The molecule has 1 fully saturated rings. The number of fused-ring (bicyclic) bond motifs is 1. The van der Waals surface area contributed by atoms with Crippen LogP contribution in [0.1, 0.15) is 26.3 Å². The number of nitrogens with zero attached hydrogens (tertiary/aromatic N) is 1. The molecule has 4 amide bonds. The van der Waals surface area contributed by atoms with E-state index in [2.05, 4.69) is 5.32 Å². The van der Waals surface area contributed by atoms with Gasteiger partial charge in [-0.25, -0.2) is 4.90 Å². The standard InChI is InChI=1S/C20H14N2O6S/c1-27-15-8-11(9-16-17(23)21-20(26)29-16)6-7-14(15)28-10-22-18(24)12-4-2-3-5-13(12)19(22)25/h2-9H,10H2,1H3,(H,21,23,26)/b16-9-. The lowest BCUT2D eigenvalue weighted by Crippen LogP contribution is -2.33. The van der Waals surface area contributed by atoms with E-state index in [4.69, 9.17) is 9.47 Å². The number of ether oxygens (including phenoxy) is 2. The predicted octanol–water partition coefficient (Wildman–Crippen LogP) is 2.65. The molecular formula is C20H14N2O6S. The lowest BCUT2D eigenvalue weighted by molar-refractivity contribution is -0.115. The van der Waals surface area contributed by atoms with Crippen molar-refractivity contribution < 1.29 is 28.7 Å². The van der Waals surface area contributed by atoms with Crippen LogP contribution in [-0.4, -0.2) is 41.7 Å². The summed E-state index contributed by atoms with van der Waals surface area (Å²) >= 11 is 0.816. The van der Waals surface area contributed by atoms with E-state index in [1.165, 1.54) is 7.11 Å². The van der Waals surface area contributed by atoms with E-state index >= 15 is 0 Å². The van der Waals surface area contributed by atoms with Crippen molar-refractivity contribution >= 4 is 40.8 Å². The topological polar surface area (TPSA) is 102 Å². The van der Waals surface area contributed by atoms with E-state index in [1.807, 2.05) is 0 Å². The molecule has 8 nitrogen and oxygen atoms in total. The van der Waals surface area contributed by atoms with Gasteiger partial charge in [-0.1, -0.05) is 18.2 Å². The quantitative estimate of drug-likeness (QED) is 0.597. The predicted molar refractivity (Wildman–Crippen MR) is 105 cm³/mol. The molecule has 0 saturated carbocycles. The fraction of sp³-hybridized carbons (Fsp3) is 0.100. The smallest absolute Gasteiger partial charge is 0.290 e. The molecule has 1 saturated heterocycles. The molecule has 0 spiro atoms. The summed E-state index contributed by atoms with van der Waals surface area (Å²) in [6.07, 6.45) is 1.56. The SMILES string of the molecule is COc1cc(/C=C2\SC(=O)NC2=O)ccc1OCN1C(=O)c2ccccc2C1=O. The minimum absolute atomic E-state index is 0.268. The van der Waals surface area contributed by atoms with Crippen molar-refractivity contribution in [1.82, 2.24) is 10.2 Å². The van der Waals surface area contributed by atoms with Crippen molar-refractivity contribution in [2.45, 2.75) is 0 Å². The number of hydrogen-bond donors (Lipinski definition) is 1. The molecule has 0 aliphatic carbocycles. The van der Waals surface area contributed by atoms with E-state index in [0.29, 0.717) is 28.2 Å². The molecule has 2 aliphatic rings. The van der Waals surface area contributed by atoms with E-state index in [9.17, 15) is 19.2 Å². The fourth-order valence-electron chi connectivity index (χ4n) is 2.96. The number of benzene rings is 2. The first kappa shape index (κ1) is 18.8. The number of nitrogens with one attached hydrogen (secondary N) is 1. The summed E-state index contributed by atoms with van der Waals surface area (Å²) in [5.41, 5.74) is 1.32. The van der Waals surface area contributed by atoms with Crippen LogP contribution in [0.15, 0.2) is 47.4 Å². The van der Waals surface area contributed by atoms with Gasteiger partial charge in [0.1, 0.15) is 0 Å². The summed E-state index contributed by atoms with van der Waals surface area (Å²) in [4.78, 5) is 49.0. The summed E-state index contributed by atoms with van der Waals surface area (Å²) < 4.78 is 11.0. The van der Waals surface area contributed by atoms with Gasteiger partial charge >= 0.3 is 0 Å². The Labute approximate surface area is 169 Å².